The summed E-state index contributed by atoms with van der Waals surface area (Å²) in [6.07, 6.45) is 5.88. The minimum Gasteiger partial charge on any atom is -0.274 e. The van der Waals surface area contributed by atoms with Crippen molar-refractivity contribution in [3.05, 3.63) is 22.4 Å². The first-order valence-electron chi connectivity index (χ1n) is 5.02. The lowest BCUT2D eigenvalue weighted by Gasteiger charge is -2.28. The van der Waals surface area contributed by atoms with Crippen LogP contribution in [0.4, 0.5) is 0 Å². The van der Waals surface area contributed by atoms with Crippen LogP contribution in [0.3, 0.4) is 0 Å². The second-order valence-corrected chi connectivity index (χ2v) is 4.68. The van der Waals surface area contributed by atoms with Gasteiger partial charge in [0.2, 0.25) is 11.8 Å². The van der Waals surface area contributed by atoms with E-state index in [9.17, 15) is 9.59 Å². The highest BCUT2D eigenvalue weighted by molar-refractivity contribution is 7.10. The first-order valence-corrected chi connectivity index (χ1v) is 5.90. The Labute approximate surface area is 98.1 Å². The van der Waals surface area contributed by atoms with Gasteiger partial charge in [0, 0.05) is 23.6 Å². The monoisotopic (exact) mass is 233 g/mol. The fourth-order valence-corrected chi connectivity index (χ4v) is 2.68. The van der Waals surface area contributed by atoms with Crippen LogP contribution >= 0.6 is 11.3 Å². The number of amides is 2. The summed E-state index contributed by atoms with van der Waals surface area (Å²) >= 11 is 1.58. The SMILES string of the molecule is C#CCN1C(=O)CC(c2cccs2)CC1=O. The fourth-order valence-electron chi connectivity index (χ4n) is 1.85. The third-order valence-electron chi connectivity index (χ3n) is 2.64. The molecule has 0 radical (unpaired) electrons. The van der Waals surface area contributed by atoms with Crippen molar-refractivity contribution in [2.75, 3.05) is 6.54 Å². The molecule has 0 atom stereocenters. The van der Waals surface area contributed by atoms with Gasteiger partial charge in [-0.3, -0.25) is 14.5 Å². The normalized spacial score (nSPS) is 17.6. The Morgan fingerprint density at radius 1 is 1.44 bits per heavy atom. The number of likely N-dealkylation sites (tertiary alicyclic amines) is 1. The van der Waals surface area contributed by atoms with Gasteiger partial charge in [0.25, 0.3) is 0 Å². The maximum absolute atomic E-state index is 11.7. The lowest BCUT2D eigenvalue weighted by Crippen LogP contribution is -2.42. The molecule has 0 spiro atoms. The summed E-state index contributed by atoms with van der Waals surface area (Å²) in [5, 5.41) is 1.96. The van der Waals surface area contributed by atoms with E-state index in [1.54, 1.807) is 11.3 Å². The number of nitrogens with zero attached hydrogens (tertiary/aromatic N) is 1. The van der Waals surface area contributed by atoms with Crippen molar-refractivity contribution >= 4 is 23.2 Å². The number of piperidine rings is 1. The van der Waals surface area contributed by atoms with Gasteiger partial charge in [-0.15, -0.1) is 17.8 Å². The summed E-state index contributed by atoms with van der Waals surface area (Å²) < 4.78 is 0. The Bertz CT molecular complexity index is 426. The molecule has 82 valence electrons. The van der Waals surface area contributed by atoms with Crippen LogP contribution in [0, 0.1) is 12.3 Å². The van der Waals surface area contributed by atoms with Crippen molar-refractivity contribution in [3.63, 3.8) is 0 Å². The summed E-state index contributed by atoms with van der Waals surface area (Å²) in [6.45, 7) is 0.0921. The van der Waals surface area contributed by atoms with Crippen molar-refractivity contribution < 1.29 is 9.59 Å². The summed E-state index contributed by atoms with van der Waals surface area (Å²) in [6, 6.07) is 3.90. The topological polar surface area (TPSA) is 37.4 Å². The number of terminal acetylenes is 1. The number of hydrogen-bond donors (Lipinski definition) is 0. The lowest BCUT2D eigenvalue weighted by molar-refractivity contribution is -0.147. The van der Waals surface area contributed by atoms with Crippen LogP contribution in [0.5, 0.6) is 0 Å². The van der Waals surface area contributed by atoms with Gasteiger partial charge in [0.1, 0.15) is 0 Å². The number of thiophene rings is 1. The first kappa shape index (κ1) is 10.9. The van der Waals surface area contributed by atoms with Crippen LogP contribution in [0.2, 0.25) is 0 Å². The van der Waals surface area contributed by atoms with Gasteiger partial charge in [-0.25, -0.2) is 0 Å². The van der Waals surface area contributed by atoms with Crippen molar-refractivity contribution in [2.24, 2.45) is 0 Å². The third-order valence-corrected chi connectivity index (χ3v) is 3.67. The molecule has 1 aromatic heterocycles. The Morgan fingerprint density at radius 2 is 2.12 bits per heavy atom. The maximum Gasteiger partial charge on any atom is 0.230 e. The number of imide groups is 1. The van der Waals surface area contributed by atoms with E-state index in [0.717, 1.165) is 4.88 Å². The van der Waals surface area contributed by atoms with Crippen LogP contribution in [-0.2, 0) is 9.59 Å². The molecule has 16 heavy (non-hydrogen) atoms. The zero-order valence-corrected chi connectivity index (χ0v) is 9.50. The van der Waals surface area contributed by atoms with Gasteiger partial charge in [0.15, 0.2) is 0 Å². The molecule has 0 aliphatic carbocycles. The summed E-state index contributed by atoms with van der Waals surface area (Å²) in [4.78, 5) is 25.7. The molecule has 2 rings (SSSR count). The Balaban J connectivity index is 2.13. The second-order valence-electron chi connectivity index (χ2n) is 3.70. The standard InChI is InChI=1S/C12H11NO2S/c1-2-5-13-11(14)7-9(8-12(13)15)10-4-3-6-16-10/h1,3-4,6,9H,5,7-8H2. The average Bonchev–Trinajstić information content (AvgIpc) is 2.76. The quantitative estimate of drug-likeness (QED) is 0.575. The highest BCUT2D eigenvalue weighted by Gasteiger charge is 2.32. The first-order chi connectivity index (χ1) is 7.72. The van der Waals surface area contributed by atoms with Crippen LogP contribution in [-0.4, -0.2) is 23.3 Å². The fraction of sp³-hybridized carbons (Fsp3) is 0.333. The van der Waals surface area contributed by atoms with Crippen molar-refractivity contribution in [1.29, 1.82) is 0 Å². The molecule has 1 saturated heterocycles. The number of rotatable bonds is 2. The van der Waals surface area contributed by atoms with E-state index in [2.05, 4.69) is 5.92 Å². The molecule has 0 bridgehead atoms. The molecule has 2 heterocycles. The molecular formula is C12H11NO2S. The van der Waals surface area contributed by atoms with Gasteiger partial charge >= 0.3 is 0 Å². The highest BCUT2D eigenvalue weighted by atomic mass is 32.1. The Morgan fingerprint density at radius 3 is 2.62 bits per heavy atom. The predicted octanol–water partition coefficient (Wildman–Crippen LogP) is 1.61. The van der Waals surface area contributed by atoms with E-state index in [4.69, 9.17) is 6.42 Å². The Hall–Kier alpha value is -1.60. The van der Waals surface area contributed by atoms with E-state index in [1.165, 1.54) is 4.90 Å². The third kappa shape index (κ3) is 2.00. The number of carbonyl (C=O) groups is 2. The summed E-state index contributed by atoms with van der Waals surface area (Å²) in [7, 11) is 0. The van der Waals surface area contributed by atoms with E-state index < -0.39 is 0 Å². The van der Waals surface area contributed by atoms with Crippen molar-refractivity contribution in [3.8, 4) is 12.3 Å². The van der Waals surface area contributed by atoms with Crippen molar-refractivity contribution in [2.45, 2.75) is 18.8 Å². The number of carbonyl (C=O) groups excluding carboxylic acids is 2. The molecule has 0 aromatic carbocycles. The molecule has 4 heteroatoms. The average molecular weight is 233 g/mol. The van der Waals surface area contributed by atoms with E-state index >= 15 is 0 Å². The van der Waals surface area contributed by atoms with Gasteiger partial charge in [-0.2, -0.15) is 0 Å². The minimum atomic E-state index is -0.160. The zero-order valence-electron chi connectivity index (χ0n) is 8.68. The predicted molar refractivity (Wildman–Crippen MR) is 61.8 cm³/mol. The van der Waals surface area contributed by atoms with E-state index in [1.807, 2.05) is 17.5 Å². The van der Waals surface area contributed by atoms with Crippen LogP contribution in [0.25, 0.3) is 0 Å². The molecule has 0 saturated carbocycles. The molecule has 0 unspecified atom stereocenters. The van der Waals surface area contributed by atoms with Crippen LogP contribution in [0.1, 0.15) is 23.6 Å². The molecule has 0 N–H and O–H groups in total. The second kappa shape index (κ2) is 4.50. The van der Waals surface area contributed by atoms with Gasteiger partial charge < -0.3 is 0 Å². The maximum atomic E-state index is 11.7. The smallest absolute Gasteiger partial charge is 0.230 e. The van der Waals surface area contributed by atoms with Crippen LogP contribution < -0.4 is 0 Å². The van der Waals surface area contributed by atoms with E-state index in [-0.39, 0.29) is 24.3 Å². The lowest BCUT2D eigenvalue weighted by atomic mass is 9.94. The molecule has 1 fully saturated rings. The summed E-state index contributed by atoms with van der Waals surface area (Å²) in [5.41, 5.74) is 0. The highest BCUT2D eigenvalue weighted by Crippen LogP contribution is 2.32. The molecule has 1 aromatic rings. The molecular weight excluding hydrogens is 222 g/mol. The van der Waals surface area contributed by atoms with Crippen molar-refractivity contribution in [1.82, 2.24) is 4.90 Å². The van der Waals surface area contributed by atoms with Gasteiger partial charge in [0.05, 0.1) is 6.54 Å². The molecule has 3 nitrogen and oxygen atoms in total. The molecule has 1 aliphatic heterocycles. The van der Waals surface area contributed by atoms with Crippen LogP contribution in [0.15, 0.2) is 17.5 Å². The molecule has 2 amide bonds. The van der Waals surface area contributed by atoms with Gasteiger partial charge in [-0.05, 0) is 11.4 Å². The summed E-state index contributed by atoms with van der Waals surface area (Å²) in [5.74, 6) is 2.05. The molecule has 1 aliphatic rings. The Kier molecular flexibility index (Phi) is 3.07. The largest absolute Gasteiger partial charge is 0.274 e. The minimum absolute atomic E-state index is 0.0361. The zero-order chi connectivity index (χ0) is 11.5. The number of hydrogen-bond acceptors (Lipinski definition) is 3. The van der Waals surface area contributed by atoms with E-state index in [0.29, 0.717) is 12.8 Å². The van der Waals surface area contributed by atoms with Gasteiger partial charge in [-0.1, -0.05) is 12.0 Å².